The molecule has 2 aromatic rings. The number of nitrogens with zero attached hydrogens (tertiary/aromatic N) is 2. The normalized spacial score (nSPS) is 10.3. The van der Waals surface area contributed by atoms with Crippen LogP contribution in [0.3, 0.4) is 0 Å². The van der Waals surface area contributed by atoms with Crippen molar-refractivity contribution in [3.63, 3.8) is 0 Å². The topological polar surface area (TPSA) is 77.2 Å². The van der Waals surface area contributed by atoms with E-state index in [1.54, 1.807) is 36.0 Å². The first-order valence-electron chi connectivity index (χ1n) is 6.13. The Morgan fingerprint density at radius 1 is 1.30 bits per heavy atom. The van der Waals surface area contributed by atoms with E-state index in [2.05, 4.69) is 5.32 Å². The number of anilines is 1. The zero-order valence-electron chi connectivity index (χ0n) is 11.3. The maximum Gasteiger partial charge on any atom is 0.292 e. The Hall–Kier alpha value is -2.63. The van der Waals surface area contributed by atoms with Gasteiger partial charge in [-0.05, 0) is 30.2 Å². The molecule has 0 atom stereocenters. The van der Waals surface area contributed by atoms with Crippen molar-refractivity contribution in [2.24, 2.45) is 0 Å². The molecule has 1 aromatic carbocycles. The van der Waals surface area contributed by atoms with E-state index < -0.39 is 4.92 Å². The molecular formula is C14H15N3O3. The van der Waals surface area contributed by atoms with Gasteiger partial charge in [0.15, 0.2) is 0 Å². The minimum Gasteiger partial charge on any atom is -0.383 e. The lowest BCUT2D eigenvalue weighted by Crippen LogP contribution is -2.19. The molecule has 0 aliphatic rings. The van der Waals surface area contributed by atoms with Crippen LogP contribution in [0.15, 0.2) is 41.3 Å². The minimum absolute atomic E-state index is 0.0208. The summed E-state index contributed by atoms with van der Waals surface area (Å²) in [5, 5.41) is 13.6. The van der Waals surface area contributed by atoms with Crippen molar-refractivity contribution in [1.82, 2.24) is 4.57 Å². The van der Waals surface area contributed by atoms with Gasteiger partial charge in [0.1, 0.15) is 5.69 Å². The van der Waals surface area contributed by atoms with Gasteiger partial charge in [-0.2, -0.15) is 0 Å². The molecule has 104 valence electrons. The largest absolute Gasteiger partial charge is 0.383 e. The summed E-state index contributed by atoms with van der Waals surface area (Å²) < 4.78 is 1.56. The summed E-state index contributed by atoms with van der Waals surface area (Å²) in [4.78, 5) is 22.2. The number of rotatable bonds is 4. The number of benzene rings is 1. The first kappa shape index (κ1) is 13.8. The monoisotopic (exact) mass is 273 g/mol. The number of hydrogen-bond acceptors (Lipinski definition) is 4. The van der Waals surface area contributed by atoms with Crippen LogP contribution in [-0.4, -0.2) is 16.5 Å². The van der Waals surface area contributed by atoms with Gasteiger partial charge >= 0.3 is 0 Å². The molecule has 0 aliphatic heterocycles. The third kappa shape index (κ3) is 2.85. The van der Waals surface area contributed by atoms with Crippen LogP contribution in [-0.2, 0) is 6.54 Å². The Labute approximate surface area is 115 Å². The zero-order valence-corrected chi connectivity index (χ0v) is 11.3. The summed E-state index contributed by atoms with van der Waals surface area (Å²) in [5.74, 6) is 0. The molecule has 6 heteroatoms. The Morgan fingerprint density at radius 3 is 2.65 bits per heavy atom. The Balaban J connectivity index is 2.34. The zero-order chi connectivity index (χ0) is 14.7. The lowest BCUT2D eigenvalue weighted by Gasteiger charge is -2.08. The molecule has 0 fully saturated rings. The summed E-state index contributed by atoms with van der Waals surface area (Å²) in [6.45, 7) is 2.24. The molecule has 6 nitrogen and oxygen atoms in total. The SMILES string of the molecule is CNc1cc(Cn2ccc(C)cc2=O)ccc1[N+](=O)[O-]. The highest BCUT2D eigenvalue weighted by Gasteiger charge is 2.13. The summed E-state index contributed by atoms with van der Waals surface area (Å²) >= 11 is 0. The van der Waals surface area contributed by atoms with Gasteiger partial charge < -0.3 is 9.88 Å². The van der Waals surface area contributed by atoms with E-state index in [4.69, 9.17) is 0 Å². The summed E-state index contributed by atoms with van der Waals surface area (Å²) in [7, 11) is 1.63. The molecule has 0 saturated heterocycles. The van der Waals surface area contributed by atoms with Crippen LogP contribution >= 0.6 is 0 Å². The van der Waals surface area contributed by atoms with E-state index in [-0.39, 0.29) is 11.2 Å². The number of nitrogens with one attached hydrogen (secondary N) is 1. The highest BCUT2D eigenvalue weighted by Crippen LogP contribution is 2.25. The van der Waals surface area contributed by atoms with Crippen molar-refractivity contribution in [3.05, 3.63) is 68.1 Å². The first-order valence-corrected chi connectivity index (χ1v) is 6.13. The standard InChI is InChI=1S/C14H15N3O3/c1-10-5-6-16(14(18)7-10)9-11-3-4-13(17(19)20)12(8-11)15-2/h3-8,15H,9H2,1-2H3. The lowest BCUT2D eigenvalue weighted by atomic mass is 10.1. The van der Waals surface area contributed by atoms with Crippen LogP contribution in [0.5, 0.6) is 0 Å². The molecular weight excluding hydrogens is 258 g/mol. The molecule has 1 heterocycles. The maximum absolute atomic E-state index is 11.8. The fourth-order valence-corrected chi connectivity index (χ4v) is 1.98. The van der Waals surface area contributed by atoms with Crippen LogP contribution in [0.25, 0.3) is 0 Å². The minimum atomic E-state index is -0.437. The van der Waals surface area contributed by atoms with E-state index in [9.17, 15) is 14.9 Å². The van der Waals surface area contributed by atoms with Gasteiger partial charge in [-0.15, -0.1) is 0 Å². The van der Waals surface area contributed by atoms with E-state index in [1.807, 2.05) is 13.0 Å². The highest BCUT2D eigenvalue weighted by atomic mass is 16.6. The van der Waals surface area contributed by atoms with Gasteiger partial charge in [0.2, 0.25) is 0 Å². The molecule has 0 unspecified atom stereocenters. The van der Waals surface area contributed by atoms with Gasteiger partial charge in [0.05, 0.1) is 11.5 Å². The Bertz CT molecular complexity index is 707. The molecule has 0 aliphatic carbocycles. The summed E-state index contributed by atoms with van der Waals surface area (Å²) in [5.41, 5.74) is 2.10. The van der Waals surface area contributed by atoms with E-state index in [1.165, 1.54) is 6.07 Å². The van der Waals surface area contributed by atoms with E-state index in [0.29, 0.717) is 12.2 Å². The number of aromatic nitrogens is 1. The van der Waals surface area contributed by atoms with Crippen molar-refractivity contribution in [2.75, 3.05) is 12.4 Å². The highest BCUT2D eigenvalue weighted by molar-refractivity contribution is 5.62. The number of nitro groups is 1. The van der Waals surface area contributed by atoms with E-state index in [0.717, 1.165) is 11.1 Å². The second-order valence-electron chi connectivity index (χ2n) is 4.53. The van der Waals surface area contributed by atoms with Crippen LogP contribution in [0, 0.1) is 17.0 Å². The van der Waals surface area contributed by atoms with Gasteiger partial charge in [0.25, 0.3) is 11.2 Å². The second-order valence-corrected chi connectivity index (χ2v) is 4.53. The number of hydrogen-bond donors (Lipinski definition) is 1. The van der Waals surface area contributed by atoms with Gasteiger partial charge in [-0.25, -0.2) is 0 Å². The molecule has 0 bridgehead atoms. The lowest BCUT2D eigenvalue weighted by molar-refractivity contribution is -0.383. The molecule has 1 aromatic heterocycles. The van der Waals surface area contributed by atoms with Crippen LogP contribution in [0.1, 0.15) is 11.1 Å². The number of pyridine rings is 1. The smallest absolute Gasteiger partial charge is 0.292 e. The molecule has 0 saturated carbocycles. The quantitative estimate of drug-likeness (QED) is 0.684. The van der Waals surface area contributed by atoms with Gasteiger partial charge in [-0.1, -0.05) is 6.07 Å². The summed E-state index contributed by atoms with van der Waals surface area (Å²) in [6, 6.07) is 8.20. The number of aryl methyl sites for hydroxylation is 1. The Morgan fingerprint density at radius 2 is 2.05 bits per heavy atom. The van der Waals surface area contributed by atoms with Crippen molar-refractivity contribution >= 4 is 11.4 Å². The van der Waals surface area contributed by atoms with Crippen molar-refractivity contribution in [2.45, 2.75) is 13.5 Å². The molecule has 0 spiro atoms. The third-order valence-electron chi connectivity index (χ3n) is 3.03. The molecule has 1 N–H and O–H groups in total. The van der Waals surface area contributed by atoms with Crippen LogP contribution < -0.4 is 10.9 Å². The average Bonchev–Trinajstić information content (AvgIpc) is 2.41. The predicted molar refractivity (Wildman–Crippen MR) is 77.2 cm³/mol. The van der Waals surface area contributed by atoms with E-state index >= 15 is 0 Å². The average molecular weight is 273 g/mol. The second kappa shape index (κ2) is 5.56. The van der Waals surface area contributed by atoms with Crippen LogP contribution in [0.4, 0.5) is 11.4 Å². The van der Waals surface area contributed by atoms with Gasteiger partial charge in [-0.3, -0.25) is 14.9 Å². The van der Waals surface area contributed by atoms with Gasteiger partial charge in [0, 0.05) is 25.4 Å². The molecule has 20 heavy (non-hydrogen) atoms. The number of nitro benzene ring substituents is 1. The Kier molecular flexibility index (Phi) is 3.84. The van der Waals surface area contributed by atoms with Crippen molar-refractivity contribution < 1.29 is 4.92 Å². The fraction of sp³-hybridized carbons (Fsp3) is 0.214. The first-order chi connectivity index (χ1) is 9.51. The summed E-state index contributed by atoms with van der Waals surface area (Å²) in [6.07, 6.45) is 1.72. The molecule has 0 radical (unpaired) electrons. The van der Waals surface area contributed by atoms with Crippen molar-refractivity contribution in [1.29, 1.82) is 0 Å². The third-order valence-corrected chi connectivity index (χ3v) is 3.03. The predicted octanol–water partition coefficient (Wildman–Crippen LogP) is 2.15. The maximum atomic E-state index is 11.8. The van der Waals surface area contributed by atoms with Crippen molar-refractivity contribution in [3.8, 4) is 0 Å². The van der Waals surface area contributed by atoms with Crippen LogP contribution in [0.2, 0.25) is 0 Å². The molecule has 2 rings (SSSR count). The molecule has 0 amide bonds. The fourth-order valence-electron chi connectivity index (χ4n) is 1.98.